The van der Waals surface area contributed by atoms with Crippen LogP contribution in [0.5, 0.6) is 0 Å². The minimum atomic E-state index is -2.68. The summed E-state index contributed by atoms with van der Waals surface area (Å²) in [5.41, 5.74) is 0.421. The second-order valence-electron chi connectivity index (χ2n) is 7.97. The van der Waals surface area contributed by atoms with E-state index in [0.29, 0.717) is 37.7 Å². The summed E-state index contributed by atoms with van der Waals surface area (Å²) in [5, 5.41) is 9.82. The van der Waals surface area contributed by atoms with Crippen LogP contribution in [0.25, 0.3) is 5.70 Å². The van der Waals surface area contributed by atoms with Gasteiger partial charge >= 0.3 is 0 Å². The second kappa shape index (κ2) is 8.73. The van der Waals surface area contributed by atoms with Gasteiger partial charge in [0.05, 0.1) is 37.2 Å². The van der Waals surface area contributed by atoms with E-state index in [1.54, 1.807) is 17.3 Å². The van der Waals surface area contributed by atoms with E-state index in [4.69, 9.17) is 4.84 Å². The summed E-state index contributed by atoms with van der Waals surface area (Å²) in [5.74, 6) is 0.448. The summed E-state index contributed by atoms with van der Waals surface area (Å²) in [7, 11) is 0. The topological polar surface area (TPSA) is 89.3 Å². The van der Waals surface area contributed by atoms with Crippen LogP contribution in [-0.2, 0) is 9.63 Å². The first-order chi connectivity index (χ1) is 15.6. The van der Waals surface area contributed by atoms with Crippen LogP contribution in [0.3, 0.4) is 0 Å². The number of hydrogen-bond acceptors (Lipinski definition) is 7. The molecular formula is C21H23F2N7O2. The fourth-order valence-electron chi connectivity index (χ4n) is 3.91. The van der Waals surface area contributed by atoms with Crippen LogP contribution >= 0.6 is 0 Å². The van der Waals surface area contributed by atoms with Crippen molar-refractivity contribution in [3.8, 4) is 0 Å². The van der Waals surface area contributed by atoms with Gasteiger partial charge in [0.25, 0.3) is 6.43 Å². The largest absolute Gasteiger partial charge is 0.338 e. The van der Waals surface area contributed by atoms with E-state index in [1.807, 2.05) is 18.2 Å². The molecule has 1 aliphatic heterocycles. The number of anilines is 1. The summed E-state index contributed by atoms with van der Waals surface area (Å²) in [6.45, 7) is 1.32. The van der Waals surface area contributed by atoms with Crippen LogP contribution in [0.4, 0.5) is 14.6 Å². The first-order valence-corrected chi connectivity index (χ1v) is 10.7. The van der Waals surface area contributed by atoms with E-state index in [0.717, 1.165) is 18.5 Å². The Morgan fingerprint density at radius 3 is 2.69 bits per heavy atom. The van der Waals surface area contributed by atoms with Gasteiger partial charge in [-0.25, -0.2) is 23.8 Å². The Morgan fingerprint density at radius 2 is 1.94 bits per heavy atom. The van der Waals surface area contributed by atoms with Crippen LogP contribution in [0.15, 0.2) is 36.7 Å². The number of nitrogens with zero attached hydrogens (tertiary/aromatic N) is 7. The Kier molecular flexibility index (Phi) is 5.64. The van der Waals surface area contributed by atoms with Gasteiger partial charge in [0.1, 0.15) is 11.5 Å². The molecule has 3 heterocycles. The van der Waals surface area contributed by atoms with Gasteiger partial charge in [-0.05, 0) is 25.3 Å². The SMILES string of the molecule is O=C(C1CC=CC=C1n1nccn1)N1CCON(c2cc(C(F)F)nc(C3CC3)n2)CC1. The zero-order chi connectivity index (χ0) is 22.1. The second-order valence-corrected chi connectivity index (χ2v) is 7.97. The minimum absolute atomic E-state index is 0.0435. The number of carbonyl (C=O) groups is 1. The molecule has 5 rings (SSSR count). The molecule has 2 aliphatic carbocycles. The monoisotopic (exact) mass is 443 g/mol. The van der Waals surface area contributed by atoms with Crippen LogP contribution < -0.4 is 5.06 Å². The number of allylic oxidation sites excluding steroid dienone is 3. The lowest BCUT2D eigenvalue weighted by Crippen LogP contribution is -2.40. The lowest BCUT2D eigenvalue weighted by molar-refractivity contribution is -0.133. The van der Waals surface area contributed by atoms with Crippen molar-refractivity contribution in [2.75, 3.05) is 31.3 Å². The van der Waals surface area contributed by atoms with Crippen molar-refractivity contribution in [2.45, 2.75) is 31.6 Å². The number of halogens is 2. The molecule has 2 fully saturated rings. The van der Waals surface area contributed by atoms with Crippen molar-refractivity contribution in [2.24, 2.45) is 5.92 Å². The molecule has 0 radical (unpaired) electrons. The molecule has 11 heteroatoms. The average molecular weight is 443 g/mol. The molecule has 0 N–H and O–H groups in total. The lowest BCUT2D eigenvalue weighted by atomic mass is 9.95. The number of amides is 1. The number of alkyl halides is 2. The third-order valence-electron chi connectivity index (χ3n) is 5.74. The maximum atomic E-state index is 13.4. The Bertz CT molecular complexity index is 1020. The normalized spacial score (nSPS) is 21.6. The van der Waals surface area contributed by atoms with Gasteiger partial charge in [-0.1, -0.05) is 12.2 Å². The molecule has 1 saturated carbocycles. The third kappa shape index (κ3) is 4.24. The lowest BCUT2D eigenvalue weighted by Gasteiger charge is -2.27. The van der Waals surface area contributed by atoms with Gasteiger partial charge in [0.15, 0.2) is 5.82 Å². The molecule has 0 bridgehead atoms. The Labute approximate surface area is 183 Å². The van der Waals surface area contributed by atoms with Crippen molar-refractivity contribution >= 4 is 17.4 Å². The number of rotatable bonds is 5. The molecule has 3 aliphatic rings. The van der Waals surface area contributed by atoms with Crippen molar-refractivity contribution in [1.29, 1.82) is 0 Å². The third-order valence-corrected chi connectivity index (χ3v) is 5.74. The minimum Gasteiger partial charge on any atom is -0.338 e. The fourth-order valence-corrected chi connectivity index (χ4v) is 3.91. The zero-order valence-electron chi connectivity index (χ0n) is 17.3. The summed E-state index contributed by atoms with van der Waals surface area (Å²) in [4.78, 5) is 30.8. The van der Waals surface area contributed by atoms with Crippen molar-refractivity contribution in [3.63, 3.8) is 0 Å². The van der Waals surface area contributed by atoms with E-state index in [1.165, 1.54) is 15.9 Å². The molecule has 2 aromatic rings. The Hall–Kier alpha value is -3.21. The predicted octanol–water partition coefficient (Wildman–Crippen LogP) is 2.58. The number of carbonyl (C=O) groups excluding carboxylic acids is 1. The van der Waals surface area contributed by atoms with E-state index >= 15 is 0 Å². The first-order valence-electron chi connectivity index (χ1n) is 10.7. The highest BCUT2D eigenvalue weighted by Crippen LogP contribution is 2.39. The van der Waals surface area contributed by atoms with Gasteiger partial charge in [-0.2, -0.15) is 15.0 Å². The van der Waals surface area contributed by atoms with E-state index in [2.05, 4.69) is 20.2 Å². The summed E-state index contributed by atoms with van der Waals surface area (Å²) in [6.07, 6.45) is 8.52. The molecule has 0 aromatic carbocycles. The highest BCUT2D eigenvalue weighted by molar-refractivity contribution is 5.88. The van der Waals surface area contributed by atoms with Crippen LogP contribution in [0.2, 0.25) is 0 Å². The molecule has 0 spiro atoms. The molecule has 32 heavy (non-hydrogen) atoms. The van der Waals surface area contributed by atoms with Crippen molar-refractivity contribution < 1.29 is 18.4 Å². The average Bonchev–Trinajstić information content (AvgIpc) is 3.58. The van der Waals surface area contributed by atoms with Gasteiger partial charge in [0, 0.05) is 25.1 Å². The number of aromatic nitrogens is 5. The van der Waals surface area contributed by atoms with Gasteiger partial charge in [-0.3, -0.25) is 9.63 Å². The highest BCUT2D eigenvalue weighted by Gasteiger charge is 2.33. The highest BCUT2D eigenvalue weighted by atomic mass is 19.3. The molecule has 1 amide bonds. The maximum absolute atomic E-state index is 13.4. The molecule has 1 saturated heterocycles. The Balaban J connectivity index is 1.31. The standard InChI is InChI=1S/C21H23F2N7O2/c22-19(23)16-13-18(27-20(26-16)14-5-6-14)29-10-9-28(11-12-32-29)21(31)15-3-1-2-4-17(15)30-24-7-8-25-30/h1-2,4,7-8,13-15,19H,3,5-6,9-12H2. The first kappa shape index (κ1) is 20.7. The number of hydrogen-bond donors (Lipinski definition) is 0. The van der Waals surface area contributed by atoms with Crippen LogP contribution in [0.1, 0.15) is 43.1 Å². The summed E-state index contributed by atoms with van der Waals surface area (Å²) in [6, 6.07) is 1.27. The van der Waals surface area contributed by atoms with Gasteiger partial charge < -0.3 is 4.90 Å². The summed E-state index contributed by atoms with van der Waals surface area (Å²) >= 11 is 0. The number of hydroxylamine groups is 1. The quantitative estimate of drug-likeness (QED) is 0.702. The maximum Gasteiger partial charge on any atom is 0.280 e. The van der Waals surface area contributed by atoms with E-state index in [-0.39, 0.29) is 24.1 Å². The summed E-state index contributed by atoms with van der Waals surface area (Å²) < 4.78 is 26.7. The van der Waals surface area contributed by atoms with Crippen molar-refractivity contribution in [1.82, 2.24) is 29.9 Å². The van der Waals surface area contributed by atoms with Gasteiger partial charge in [-0.15, -0.1) is 0 Å². The van der Waals surface area contributed by atoms with Crippen LogP contribution in [-0.4, -0.2) is 62.0 Å². The molecule has 1 unspecified atom stereocenters. The predicted molar refractivity (Wildman–Crippen MR) is 110 cm³/mol. The Morgan fingerprint density at radius 1 is 1.12 bits per heavy atom. The van der Waals surface area contributed by atoms with E-state index in [9.17, 15) is 13.6 Å². The molecule has 1 atom stereocenters. The molecule has 168 valence electrons. The van der Waals surface area contributed by atoms with Crippen molar-refractivity contribution in [3.05, 3.63) is 48.2 Å². The molecule has 9 nitrogen and oxygen atoms in total. The molecular weight excluding hydrogens is 420 g/mol. The smallest absolute Gasteiger partial charge is 0.280 e. The zero-order valence-corrected chi connectivity index (χ0v) is 17.3. The van der Waals surface area contributed by atoms with Crippen LogP contribution in [0, 0.1) is 5.92 Å². The van der Waals surface area contributed by atoms with E-state index < -0.39 is 12.3 Å². The van der Waals surface area contributed by atoms with Gasteiger partial charge in [0.2, 0.25) is 5.91 Å². The molecule has 2 aromatic heterocycles. The fraction of sp³-hybridized carbons (Fsp3) is 0.476.